The zero-order valence-corrected chi connectivity index (χ0v) is 20.4. The zero-order valence-electron chi connectivity index (χ0n) is 20.4. The molecule has 1 atom stereocenters. The van der Waals surface area contributed by atoms with Gasteiger partial charge in [-0.3, -0.25) is 9.69 Å². The van der Waals surface area contributed by atoms with Crippen molar-refractivity contribution in [1.82, 2.24) is 25.2 Å². The van der Waals surface area contributed by atoms with Gasteiger partial charge in [-0.2, -0.15) is 0 Å². The van der Waals surface area contributed by atoms with E-state index in [1.165, 1.54) is 12.8 Å². The lowest BCUT2D eigenvalue weighted by atomic mass is 9.93. The second-order valence-corrected chi connectivity index (χ2v) is 9.46. The number of aromatic nitrogens is 3. The van der Waals surface area contributed by atoms with Crippen LogP contribution in [-0.2, 0) is 19.6 Å². The molecule has 0 saturated heterocycles. The van der Waals surface area contributed by atoms with Crippen molar-refractivity contribution < 1.29 is 19.1 Å². The highest BCUT2D eigenvalue weighted by atomic mass is 16.5. The second-order valence-electron chi connectivity index (χ2n) is 9.46. The van der Waals surface area contributed by atoms with Crippen molar-refractivity contribution in [2.45, 2.75) is 57.9 Å². The van der Waals surface area contributed by atoms with Crippen LogP contribution in [0.5, 0.6) is 5.88 Å². The Kier molecular flexibility index (Phi) is 7.43. The van der Waals surface area contributed by atoms with Crippen LogP contribution in [0.4, 0.5) is 5.82 Å². The molecule has 0 bridgehead atoms. The molecule has 1 fully saturated rings. The zero-order chi connectivity index (χ0) is 24.9. The van der Waals surface area contributed by atoms with E-state index in [0.717, 1.165) is 48.6 Å². The first-order chi connectivity index (χ1) is 17.5. The number of anilines is 1. The summed E-state index contributed by atoms with van der Waals surface area (Å²) in [6, 6.07) is 7.77. The Bertz CT molecular complexity index is 1190. The Labute approximate surface area is 210 Å². The number of hydrogen-bond donors (Lipinski definition) is 3. The molecule has 0 aromatic carbocycles. The van der Waals surface area contributed by atoms with Crippen LogP contribution in [0, 0.1) is 6.92 Å². The van der Waals surface area contributed by atoms with E-state index in [2.05, 4.69) is 30.5 Å². The van der Waals surface area contributed by atoms with Crippen molar-refractivity contribution in [3.05, 3.63) is 65.1 Å². The first kappa shape index (κ1) is 24.2. The average molecular weight is 493 g/mol. The molecule has 1 aliphatic carbocycles. The maximum atomic E-state index is 12.6. The molecule has 10 nitrogen and oxygen atoms in total. The maximum Gasteiger partial charge on any atom is 0.251 e. The number of rotatable bonds is 10. The number of fused-ring (bicyclic) bond motifs is 1. The molecule has 36 heavy (non-hydrogen) atoms. The minimum Gasteiger partial charge on any atom is -0.469 e. The van der Waals surface area contributed by atoms with Gasteiger partial charge in [0.25, 0.3) is 5.91 Å². The molecular formula is C26H32N6O4. The predicted molar refractivity (Wildman–Crippen MR) is 133 cm³/mol. The number of carbonyl (C=O) groups excluding carboxylic acids is 1. The normalized spacial score (nSPS) is 16.6. The fourth-order valence-corrected chi connectivity index (χ4v) is 4.38. The van der Waals surface area contributed by atoms with Gasteiger partial charge in [0.2, 0.25) is 5.88 Å². The number of ether oxygens (including phenoxy) is 1. The van der Waals surface area contributed by atoms with E-state index in [0.29, 0.717) is 42.9 Å². The van der Waals surface area contributed by atoms with Crippen molar-refractivity contribution >= 4 is 11.7 Å². The molecule has 4 heterocycles. The summed E-state index contributed by atoms with van der Waals surface area (Å²) in [5.41, 5.74) is 3.46. The van der Waals surface area contributed by atoms with Gasteiger partial charge >= 0.3 is 0 Å². The van der Waals surface area contributed by atoms with Crippen molar-refractivity contribution in [3.8, 4) is 5.88 Å². The minimum atomic E-state index is -0.675. The lowest BCUT2D eigenvalue weighted by Crippen LogP contribution is -2.42. The summed E-state index contributed by atoms with van der Waals surface area (Å²) in [6.45, 7) is 4.28. The third-order valence-electron chi connectivity index (χ3n) is 6.74. The molecule has 3 aromatic heterocycles. The number of aryl methyl sites for hydroxylation is 1. The SMILES string of the molecule is Cc1ncoc1COc1ccc2c(n1)CCN(C[C@@H](O)CNC(=O)c1ccnc(NC3CCC3)c1)C2. The Morgan fingerprint density at radius 2 is 2.19 bits per heavy atom. The fourth-order valence-electron chi connectivity index (χ4n) is 4.38. The molecule has 3 aromatic rings. The van der Waals surface area contributed by atoms with Gasteiger partial charge in [0.05, 0.1) is 17.5 Å². The van der Waals surface area contributed by atoms with Gasteiger partial charge in [-0.05, 0) is 43.9 Å². The quantitative estimate of drug-likeness (QED) is 0.391. The summed E-state index contributed by atoms with van der Waals surface area (Å²) in [7, 11) is 0. The maximum absolute atomic E-state index is 12.6. The van der Waals surface area contributed by atoms with Gasteiger partial charge in [0.1, 0.15) is 12.4 Å². The first-order valence-electron chi connectivity index (χ1n) is 12.5. The Morgan fingerprint density at radius 1 is 1.31 bits per heavy atom. The number of nitrogens with zero attached hydrogens (tertiary/aromatic N) is 4. The number of pyridine rings is 2. The Hall–Kier alpha value is -3.50. The molecular weight excluding hydrogens is 460 g/mol. The third-order valence-corrected chi connectivity index (χ3v) is 6.74. The number of amides is 1. The fraction of sp³-hybridized carbons (Fsp3) is 0.462. The first-order valence-corrected chi connectivity index (χ1v) is 12.5. The highest BCUT2D eigenvalue weighted by molar-refractivity contribution is 5.94. The lowest BCUT2D eigenvalue weighted by molar-refractivity contribution is 0.0840. The van der Waals surface area contributed by atoms with E-state index in [-0.39, 0.29) is 12.5 Å². The van der Waals surface area contributed by atoms with Gasteiger partial charge in [-0.15, -0.1) is 0 Å². The molecule has 2 aliphatic rings. The monoisotopic (exact) mass is 492 g/mol. The van der Waals surface area contributed by atoms with E-state index >= 15 is 0 Å². The number of nitrogens with one attached hydrogen (secondary N) is 2. The number of hydrogen-bond acceptors (Lipinski definition) is 9. The largest absolute Gasteiger partial charge is 0.469 e. The molecule has 190 valence electrons. The van der Waals surface area contributed by atoms with Gasteiger partial charge in [-0.1, -0.05) is 6.07 Å². The summed E-state index contributed by atoms with van der Waals surface area (Å²) >= 11 is 0. The summed E-state index contributed by atoms with van der Waals surface area (Å²) in [6.07, 6.45) is 6.64. The smallest absolute Gasteiger partial charge is 0.251 e. The molecule has 5 rings (SSSR count). The van der Waals surface area contributed by atoms with Crippen LogP contribution in [0.15, 0.2) is 41.3 Å². The average Bonchev–Trinajstić information content (AvgIpc) is 3.28. The van der Waals surface area contributed by atoms with Gasteiger partial charge in [0.15, 0.2) is 12.2 Å². The van der Waals surface area contributed by atoms with Crippen molar-refractivity contribution in [3.63, 3.8) is 0 Å². The Morgan fingerprint density at radius 3 is 2.97 bits per heavy atom. The molecule has 1 saturated carbocycles. The van der Waals surface area contributed by atoms with E-state index < -0.39 is 6.10 Å². The van der Waals surface area contributed by atoms with Gasteiger partial charge < -0.3 is 24.9 Å². The highest BCUT2D eigenvalue weighted by Gasteiger charge is 2.21. The minimum absolute atomic E-state index is 0.183. The molecule has 10 heteroatoms. The molecule has 1 aliphatic heterocycles. The van der Waals surface area contributed by atoms with E-state index in [9.17, 15) is 9.90 Å². The van der Waals surface area contributed by atoms with Crippen LogP contribution in [0.2, 0.25) is 0 Å². The standard InChI is InChI=1S/C26H32N6O4/c1-17-23(36-16-29-17)15-35-25-6-5-19-13-32(10-8-22(19)31-25)14-21(33)12-28-26(34)18-7-9-27-24(11-18)30-20-3-2-4-20/h5-7,9,11,16,20-21,33H,2-4,8,10,12-15H2,1H3,(H,27,30)(H,28,34)/t21-/m0/s1. The Balaban J connectivity index is 1.07. The molecule has 0 radical (unpaired) electrons. The van der Waals surface area contributed by atoms with Gasteiger partial charge in [-0.25, -0.2) is 15.0 Å². The van der Waals surface area contributed by atoms with E-state index in [4.69, 9.17) is 9.15 Å². The van der Waals surface area contributed by atoms with Crippen LogP contribution in [0.25, 0.3) is 0 Å². The topological polar surface area (TPSA) is 126 Å². The number of carbonyl (C=O) groups is 1. The van der Waals surface area contributed by atoms with Gasteiger partial charge in [0, 0.05) is 56.5 Å². The van der Waals surface area contributed by atoms with Crippen LogP contribution in [-0.4, -0.2) is 62.6 Å². The van der Waals surface area contributed by atoms with E-state index in [1.807, 2.05) is 19.1 Å². The van der Waals surface area contributed by atoms with Crippen molar-refractivity contribution in [1.29, 1.82) is 0 Å². The van der Waals surface area contributed by atoms with Crippen LogP contribution < -0.4 is 15.4 Å². The predicted octanol–water partition coefficient (Wildman–Crippen LogP) is 2.47. The summed E-state index contributed by atoms with van der Waals surface area (Å²) in [5.74, 6) is 1.75. The van der Waals surface area contributed by atoms with E-state index in [1.54, 1.807) is 18.3 Å². The van der Waals surface area contributed by atoms with Crippen LogP contribution in [0.3, 0.4) is 0 Å². The van der Waals surface area contributed by atoms with Crippen molar-refractivity contribution in [2.24, 2.45) is 0 Å². The summed E-state index contributed by atoms with van der Waals surface area (Å²) in [4.78, 5) is 27.8. The lowest BCUT2D eigenvalue weighted by Gasteiger charge is -2.30. The molecule has 3 N–H and O–H groups in total. The number of aliphatic hydroxyl groups is 1. The summed E-state index contributed by atoms with van der Waals surface area (Å²) < 4.78 is 11.1. The van der Waals surface area contributed by atoms with Crippen LogP contribution >= 0.6 is 0 Å². The highest BCUT2D eigenvalue weighted by Crippen LogP contribution is 2.23. The molecule has 0 unspecified atom stereocenters. The summed E-state index contributed by atoms with van der Waals surface area (Å²) in [5, 5.41) is 16.7. The number of aliphatic hydroxyl groups excluding tert-OH is 1. The molecule has 1 amide bonds. The van der Waals surface area contributed by atoms with Crippen LogP contribution in [0.1, 0.15) is 52.3 Å². The second kappa shape index (κ2) is 11.0. The van der Waals surface area contributed by atoms with Crippen molar-refractivity contribution in [2.75, 3.05) is 25.0 Å². The number of β-amino-alcohol motifs (C(OH)–C–C–N with tert-alkyl or cyclic N) is 1. The third kappa shape index (κ3) is 6.00. The number of oxazole rings is 1. The molecule has 0 spiro atoms.